The zero-order valence-corrected chi connectivity index (χ0v) is 13.0. The van der Waals surface area contributed by atoms with Crippen molar-refractivity contribution >= 4 is 11.8 Å². The zero-order valence-electron chi connectivity index (χ0n) is 12.2. The molecule has 0 aromatic carbocycles. The number of aromatic nitrogens is 2. The second-order valence-electron chi connectivity index (χ2n) is 5.02. The van der Waals surface area contributed by atoms with Crippen molar-refractivity contribution in [3.63, 3.8) is 0 Å². The Labute approximate surface area is 115 Å². The first kappa shape index (κ1) is 15.4. The van der Waals surface area contributed by atoms with Gasteiger partial charge in [0.1, 0.15) is 5.82 Å². The lowest BCUT2D eigenvalue weighted by molar-refractivity contribution is 0.579. The first-order chi connectivity index (χ1) is 8.54. The molecule has 0 amide bonds. The van der Waals surface area contributed by atoms with Crippen LogP contribution in [0.15, 0.2) is 6.20 Å². The number of thioether (sulfide) groups is 1. The molecule has 0 aliphatic carbocycles. The van der Waals surface area contributed by atoms with Crippen LogP contribution in [0.1, 0.15) is 57.6 Å². The molecule has 1 aromatic rings. The lowest BCUT2D eigenvalue weighted by Crippen LogP contribution is -2.23. The Kier molecular flexibility index (Phi) is 6.65. The molecule has 0 radical (unpaired) electrons. The largest absolute Gasteiger partial charge is 0.310 e. The molecule has 4 heteroatoms. The van der Waals surface area contributed by atoms with Crippen molar-refractivity contribution in [2.24, 2.45) is 0 Å². The molecule has 0 spiro atoms. The van der Waals surface area contributed by atoms with Crippen LogP contribution in [0.5, 0.6) is 0 Å². The molecule has 1 heterocycles. The third kappa shape index (κ3) is 4.94. The van der Waals surface area contributed by atoms with Crippen LogP contribution in [0.4, 0.5) is 0 Å². The Balaban J connectivity index is 2.83. The van der Waals surface area contributed by atoms with Gasteiger partial charge in [-0.15, -0.1) is 0 Å². The lowest BCUT2D eigenvalue weighted by Gasteiger charge is -2.14. The van der Waals surface area contributed by atoms with Gasteiger partial charge >= 0.3 is 0 Å². The number of rotatable bonds is 7. The third-order valence-corrected chi connectivity index (χ3v) is 3.50. The Morgan fingerprint density at radius 2 is 2.00 bits per heavy atom. The van der Waals surface area contributed by atoms with Gasteiger partial charge in [-0.05, 0) is 11.7 Å². The van der Waals surface area contributed by atoms with E-state index in [1.165, 1.54) is 11.3 Å². The summed E-state index contributed by atoms with van der Waals surface area (Å²) in [5.41, 5.74) is 2.41. The molecule has 18 heavy (non-hydrogen) atoms. The van der Waals surface area contributed by atoms with E-state index in [2.05, 4.69) is 44.9 Å². The van der Waals surface area contributed by atoms with Crippen LogP contribution in [-0.4, -0.2) is 21.8 Å². The summed E-state index contributed by atoms with van der Waals surface area (Å²) in [4.78, 5) is 9.18. The van der Waals surface area contributed by atoms with E-state index in [4.69, 9.17) is 4.98 Å². The van der Waals surface area contributed by atoms with Gasteiger partial charge in [-0.2, -0.15) is 11.8 Å². The SMILES string of the molecule is CCSCc1ncc(CNC(C)C)c(C(C)C)n1. The highest BCUT2D eigenvalue weighted by Crippen LogP contribution is 2.18. The Bertz CT molecular complexity index is 364. The van der Waals surface area contributed by atoms with Crippen molar-refractivity contribution in [3.8, 4) is 0 Å². The smallest absolute Gasteiger partial charge is 0.138 e. The third-order valence-electron chi connectivity index (χ3n) is 2.63. The van der Waals surface area contributed by atoms with Crippen LogP contribution < -0.4 is 5.32 Å². The minimum absolute atomic E-state index is 0.447. The summed E-state index contributed by atoms with van der Waals surface area (Å²) < 4.78 is 0. The quantitative estimate of drug-likeness (QED) is 0.822. The monoisotopic (exact) mass is 267 g/mol. The molecule has 0 bridgehead atoms. The van der Waals surface area contributed by atoms with Crippen molar-refractivity contribution in [3.05, 3.63) is 23.3 Å². The van der Waals surface area contributed by atoms with Gasteiger partial charge in [-0.25, -0.2) is 9.97 Å². The number of nitrogens with one attached hydrogen (secondary N) is 1. The zero-order chi connectivity index (χ0) is 13.5. The Morgan fingerprint density at radius 1 is 1.28 bits per heavy atom. The van der Waals surface area contributed by atoms with E-state index < -0.39 is 0 Å². The molecule has 3 nitrogen and oxygen atoms in total. The van der Waals surface area contributed by atoms with Gasteiger partial charge < -0.3 is 5.32 Å². The number of hydrogen-bond donors (Lipinski definition) is 1. The molecule has 1 N–H and O–H groups in total. The molecular formula is C14H25N3S. The molecular weight excluding hydrogens is 242 g/mol. The van der Waals surface area contributed by atoms with Crippen molar-refractivity contribution < 1.29 is 0 Å². The van der Waals surface area contributed by atoms with Gasteiger partial charge in [0.2, 0.25) is 0 Å². The molecule has 0 unspecified atom stereocenters. The molecule has 0 aliphatic heterocycles. The fourth-order valence-corrected chi connectivity index (χ4v) is 2.20. The molecule has 0 saturated carbocycles. The predicted molar refractivity (Wildman–Crippen MR) is 79.9 cm³/mol. The first-order valence-electron chi connectivity index (χ1n) is 6.70. The highest BCUT2D eigenvalue weighted by Gasteiger charge is 2.11. The summed E-state index contributed by atoms with van der Waals surface area (Å²) in [6.07, 6.45) is 1.99. The number of hydrogen-bond acceptors (Lipinski definition) is 4. The average Bonchev–Trinajstić information content (AvgIpc) is 2.34. The van der Waals surface area contributed by atoms with Crippen LogP contribution in [0.3, 0.4) is 0 Å². The van der Waals surface area contributed by atoms with Crippen LogP contribution in [0.25, 0.3) is 0 Å². The molecule has 0 aliphatic rings. The van der Waals surface area contributed by atoms with Gasteiger partial charge in [-0.3, -0.25) is 0 Å². The van der Waals surface area contributed by atoms with Crippen LogP contribution in [0.2, 0.25) is 0 Å². The van der Waals surface area contributed by atoms with Crippen molar-refractivity contribution in [2.45, 2.75) is 58.9 Å². The fourth-order valence-electron chi connectivity index (χ4n) is 1.67. The van der Waals surface area contributed by atoms with E-state index in [9.17, 15) is 0 Å². The maximum atomic E-state index is 4.72. The van der Waals surface area contributed by atoms with Gasteiger partial charge in [0.15, 0.2) is 0 Å². The van der Waals surface area contributed by atoms with E-state index >= 15 is 0 Å². The highest BCUT2D eigenvalue weighted by atomic mass is 32.2. The summed E-state index contributed by atoms with van der Waals surface area (Å²) in [6.45, 7) is 11.7. The minimum Gasteiger partial charge on any atom is -0.310 e. The van der Waals surface area contributed by atoms with Gasteiger partial charge in [0.05, 0.1) is 11.4 Å². The normalized spacial score (nSPS) is 11.5. The van der Waals surface area contributed by atoms with Crippen LogP contribution in [-0.2, 0) is 12.3 Å². The minimum atomic E-state index is 0.447. The molecule has 0 saturated heterocycles. The van der Waals surface area contributed by atoms with E-state index in [-0.39, 0.29) is 0 Å². The lowest BCUT2D eigenvalue weighted by atomic mass is 10.0. The fraction of sp³-hybridized carbons (Fsp3) is 0.714. The second-order valence-corrected chi connectivity index (χ2v) is 6.30. The van der Waals surface area contributed by atoms with E-state index in [1.807, 2.05) is 18.0 Å². The van der Waals surface area contributed by atoms with Crippen molar-refractivity contribution in [1.29, 1.82) is 0 Å². The molecule has 0 atom stereocenters. The van der Waals surface area contributed by atoms with E-state index in [0.717, 1.165) is 23.9 Å². The molecule has 1 aromatic heterocycles. The molecule has 1 rings (SSSR count). The van der Waals surface area contributed by atoms with Gasteiger partial charge in [0, 0.05) is 24.3 Å². The first-order valence-corrected chi connectivity index (χ1v) is 7.85. The van der Waals surface area contributed by atoms with Crippen molar-refractivity contribution in [1.82, 2.24) is 15.3 Å². The maximum Gasteiger partial charge on any atom is 0.138 e. The molecule has 0 fully saturated rings. The topological polar surface area (TPSA) is 37.8 Å². The Hall–Kier alpha value is -0.610. The maximum absolute atomic E-state index is 4.72. The summed E-state index contributed by atoms with van der Waals surface area (Å²) in [7, 11) is 0. The van der Waals surface area contributed by atoms with E-state index in [0.29, 0.717) is 12.0 Å². The summed E-state index contributed by atoms with van der Waals surface area (Å²) >= 11 is 1.87. The van der Waals surface area contributed by atoms with E-state index in [1.54, 1.807) is 0 Å². The number of nitrogens with zero attached hydrogens (tertiary/aromatic N) is 2. The Morgan fingerprint density at radius 3 is 2.56 bits per heavy atom. The van der Waals surface area contributed by atoms with Crippen LogP contribution in [0, 0.1) is 0 Å². The summed E-state index contributed by atoms with van der Waals surface area (Å²) in [5.74, 6) is 3.42. The summed E-state index contributed by atoms with van der Waals surface area (Å²) in [5, 5.41) is 3.43. The summed E-state index contributed by atoms with van der Waals surface area (Å²) in [6, 6.07) is 0.486. The predicted octanol–water partition coefficient (Wildman–Crippen LogP) is 3.35. The average molecular weight is 267 g/mol. The second kappa shape index (κ2) is 7.74. The molecule has 102 valence electrons. The highest BCUT2D eigenvalue weighted by molar-refractivity contribution is 7.98. The van der Waals surface area contributed by atoms with Gasteiger partial charge in [-0.1, -0.05) is 34.6 Å². The van der Waals surface area contributed by atoms with Gasteiger partial charge in [0.25, 0.3) is 0 Å². The van der Waals surface area contributed by atoms with Crippen molar-refractivity contribution in [2.75, 3.05) is 5.75 Å². The van der Waals surface area contributed by atoms with Crippen LogP contribution >= 0.6 is 11.8 Å². The standard InChI is InChI=1S/C14H25N3S/c1-6-18-9-13-16-8-12(7-15-11(4)5)14(17-13)10(2)3/h8,10-11,15H,6-7,9H2,1-5H3.